The van der Waals surface area contributed by atoms with Crippen LogP contribution in [0, 0.1) is 0 Å². The van der Waals surface area contributed by atoms with Crippen LogP contribution in [0.25, 0.3) is 0 Å². The molecule has 0 radical (unpaired) electrons. The van der Waals surface area contributed by atoms with E-state index in [4.69, 9.17) is 16.7 Å². The minimum atomic E-state index is -1.14. The molecule has 0 aromatic carbocycles. The zero-order valence-electron chi connectivity index (χ0n) is 8.27. The highest BCUT2D eigenvalue weighted by Crippen LogP contribution is 2.21. The Hall–Kier alpha value is -1.33. The Morgan fingerprint density at radius 3 is 2.75 bits per heavy atom. The molecule has 0 spiro atoms. The highest BCUT2D eigenvalue weighted by molar-refractivity contribution is 7.16. The second-order valence-electron chi connectivity index (χ2n) is 2.92. The van der Waals surface area contributed by atoms with Gasteiger partial charge in [-0.15, -0.1) is 11.3 Å². The number of thiophene rings is 1. The first-order chi connectivity index (χ1) is 7.58. The molecule has 1 heterocycles. The summed E-state index contributed by atoms with van der Waals surface area (Å²) in [7, 11) is 0. The minimum Gasteiger partial charge on any atom is -0.478 e. The van der Waals surface area contributed by atoms with Crippen LogP contribution in [0.5, 0.6) is 0 Å². The average Bonchev–Trinajstić information content (AvgIpc) is 2.61. The first-order valence-electron chi connectivity index (χ1n) is 4.51. The molecule has 0 atom stereocenters. The molecule has 0 bridgehead atoms. The zero-order chi connectivity index (χ0) is 12.0. The van der Waals surface area contributed by atoms with Crippen molar-refractivity contribution in [1.29, 1.82) is 0 Å². The smallest absolute Gasteiger partial charge is 0.328 e. The van der Waals surface area contributed by atoms with Gasteiger partial charge in [-0.05, 0) is 18.6 Å². The molecule has 0 aliphatic carbocycles. The third-order valence-corrected chi connectivity index (χ3v) is 2.97. The van der Waals surface area contributed by atoms with Gasteiger partial charge < -0.3 is 10.4 Å². The monoisotopic (exact) mass is 259 g/mol. The van der Waals surface area contributed by atoms with E-state index in [9.17, 15) is 9.59 Å². The maximum Gasteiger partial charge on any atom is 0.328 e. The maximum atomic E-state index is 11.1. The number of carbonyl (C=O) groups excluding carboxylic acids is 1. The van der Waals surface area contributed by atoms with E-state index in [1.165, 1.54) is 11.3 Å². The molecular weight excluding hydrogens is 250 g/mol. The lowest BCUT2D eigenvalue weighted by atomic mass is 10.3. The van der Waals surface area contributed by atoms with Gasteiger partial charge in [0.25, 0.3) is 0 Å². The minimum absolute atomic E-state index is 0.412. The van der Waals surface area contributed by atoms with Crippen molar-refractivity contribution in [3.63, 3.8) is 0 Å². The highest BCUT2D eigenvalue weighted by atomic mass is 35.5. The van der Waals surface area contributed by atoms with Gasteiger partial charge in [-0.2, -0.15) is 0 Å². The number of carboxylic acids is 1. The van der Waals surface area contributed by atoms with Crippen LogP contribution in [0.3, 0.4) is 0 Å². The molecule has 86 valence electrons. The molecule has 1 aromatic rings. The molecule has 0 unspecified atom stereocenters. The molecule has 0 saturated carbocycles. The van der Waals surface area contributed by atoms with Gasteiger partial charge in [-0.1, -0.05) is 11.6 Å². The number of hydrogen-bond acceptors (Lipinski definition) is 3. The van der Waals surface area contributed by atoms with Crippen molar-refractivity contribution in [2.24, 2.45) is 0 Å². The van der Waals surface area contributed by atoms with Crippen molar-refractivity contribution in [3.8, 4) is 0 Å². The van der Waals surface area contributed by atoms with Crippen molar-refractivity contribution >= 4 is 34.8 Å². The van der Waals surface area contributed by atoms with Crippen LogP contribution in [-0.2, 0) is 16.0 Å². The number of carbonyl (C=O) groups is 2. The molecule has 2 N–H and O–H groups in total. The Bertz CT molecular complexity index is 414. The van der Waals surface area contributed by atoms with E-state index in [0.29, 0.717) is 17.3 Å². The molecular formula is C10H10ClNO3S. The van der Waals surface area contributed by atoms with Crippen molar-refractivity contribution in [2.45, 2.75) is 6.42 Å². The SMILES string of the molecule is O=C(O)/C=C/C(=O)NCCc1ccc(Cl)s1. The second-order valence-corrected chi connectivity index (χ2v) is 4.72. The van der Waals surface area contributed by atoms with E-state index in [-0.39, 0.29) is 0 Å². The Balaban J connectivity index is 2.25. The summed E-state index contributed by atoms with van der Waals surface area (Å²) in [5.74, 6) is -1.55. The lowest BCUT2D eigenvalue weighted by Gasteiger charge is -1.99. The number of hydrogen-bond donors (Lipinski definition) is 2. The van der Waals surface area contributed by atoms with E-state index in [0.717, 1.165) is 17.0 Å². The Morgan fingerprint density at radius 1 is 1.44 bits per heavy atom. The predicted molar refractivity (Wildman–Crippen MR) is 62.8 cm³/mol. The molecule has 0 fully saturated rings. The fraction of sp³-hybridized carbons (Fsp3) is 0.200. The molecule has 0 saturated heterocycles. The lowest BCUT2D eigenvalue weighted by Crippen LogP contribution is -2.23. The van der Waals surface area contributed by atoms with E-state index < -0.39 is 11.9 Å². The molecule has 1 aromatic heterocycles. The number of carboxylic acid groups (broad SMARTS) is 1. The van der Waals surface area contributed by atoms with E-state index in [1.807, 2.05) is 6.07 Å². The molecule has 16 heavy (non-hydrogen) atoms. The van der Waals surface area contributed by atoms with Gasteiger partial charge in [-0.25, -0.2) is 4.79 Å². The van der Waals surface area contributed by atoms with Crippen molar-refractivity contribution in [2.75, 3.05) is 6.54 Å². The summed E-state index contributed by atoms with van der Waals surface area (Å²) in [4.78, 5) is 22.3. The Kier molecular flexibility index (Phi) is 5.01. The van der Waals surface area contributed by atoms with Crippen molar-refractivity contribution < 1.29 is 14.7 Å². The van der Waals surface area contributed by atoms with Crippen molar-refractivity contribution in [3.05, 3.63) is 33.5 Å². The summed E-state index contributed by atoms with van der Waals surface area (Å²) in [5, 5.41) is 10.9. The van der Waals surface area contributed by atoms with Crippen LogP contribution in [0.4, 0.5) is 0 Å². The number of halogens is 1. The summed E-state index contributed by atoms with van der Waals surface area (Å²) in [5.41, 5.74) is 0. The summed E-state index contributed by atoms with van der Waals surface area (Å²) in [6.07, 6.45) is 2.48. The number of aliphatic carboxylic acids is 1. The molecule has 0 aliphatic rings. The number of amides is 1. The van der Waals surface area contributed by atoms with Gasteiger partial charge in [0.05, 0.1) is 4.34 Å². The van der Waals surface area contributed by atoms with Crippen LogP contribution in [0.15, 0.2) is 24.3 Å². The van der Waals surface area contributed by atoms with E-state index in [2.05, 4.69) is 5.32 Å². The summed E-state index contributed by atoms with van der Waals surface area (Å²) in [6.45, 7) is 0.458. The molecule has 0 aliphatic heterocycles. The second kappa shape index (κ2) is 6.30. The summed E-state index contributed by atoms with van der Waals surface area (Å²) >= 11 is 7.20. The normalized spacial score (nSPS) is 10.6. The summed E-state index contributed by atoms with van der Waals surface area (Å²) < 4.78 is 0.715. The highest BCUT2D eigenvalue weighted by Gasteiger charge is 1.99. The maximum absolute atomic E-state index is 11.1. The third kappa shape index (κ3) is 4.95. The standard InChI is InChI=1S/C10H10ClNO3S/c11-8-2-1-7(16-8)5-6-12-9(13)3-4-10(14)15/h1-4H,5-6H2,(H,12,13)(H,14,15)/b4-3+. The first kappa shape index (κ1) is 12.7. The van der Waals surface area contributed by atoms with Crippen molar-refractivity contribution in [1.82, 2.24) is 5.32 Å². The largest absolute Gasteiger partial charge is 0.478 e. The van der Waals surface area contributed by atoms with Gasteiger partial charge in [0, 0.05) is 23.6 Å². The van der Waals surface area contributed by atoms with Gasteiger partial charge in [0.1, 0.15) is 0 Å². The topological polar surface area (TPSA) is 66.4 Å². The Morgan fingerprint density at radius 2 is 2.19 bits per heavy atom. The van der Waals surface area contributed by atoms with Gasteiger partial charge >= 0.3 is 5.97 Å². The van der Waals surface area contributed by atoms with Gasteiger partial charge in [0.2, 0.25) is 5.91 Å². The van der Waals surface area contributed by atoms with E-state index in [1.54, 1.807) is 6.07 Å². The molecule has 1 amide bonds. The van der Waals surface area contributed by atoms with E-state index >= 15 is 0 Å². The molecule has 1 rings (SSSR count). The van der Waals surface area contributed by atoms with Crippen LogP contribution in [0.1, 0.15) is 4.88 Å². The van der Waals surface area contributed by atoms with Crippen LogP contribution in [-0.4, -0.2) is 23.5 Å². The van der Waals surface area contributed by atoms with Crippen LogP contribution < -0.4 is 5.32 Å². The molecule has 6 heteroatoms. The predicted octanol–water partition coefficient (Wildman–Crippen LogP) is 1.70. The molecule has 4 nitrogen and oxygen atoms in total. The zero-order valence-corrected chi connectivity index (χ0v) is 9.85. The fourth-order valence-corrected chi connectivity index (χ4v) is 2.09. The number of nitrogens with one attached hydrogen (secondary N) is 1. The summed E-state index contributed by atoms with van der Waals surface area (Å²) in [6, 6.07) is 3.69. The third-order valence-electron chi connectivity index (χ3n) is 1.68. The van der Waals surface area contributed by atoms with Gasteiger partial charge in [0.15, 0.2) is 0 Å². The van der Waals surface area contributed by atoms with Gasteiger partial charge in [-0.3, -0.25) is 4.79 Å². The average molecular weight is 260 g/mol. The van der Waals surface area contributed by atoms with Crippen LogP contribution in [0.2, 0.25) is 4.34 Å². The lowest BCUT2D eigenvalue weighted by molar-refractivity contribution is -0.131. The quantitative estimate of drug-likeness (QED) is 0.791. The Labute approximate surface area is 102 Å². The van der Waals surface area contributed by atoms with Crippen LogP contribution >= 0.6 is 22.9 Å². The number of rotatable bonds is 5. The first-order valence-corrected chi connectivity index (χ1v) is 5.70. The fourth-order valence-electron chi connectivity index (χ4n) is 1.00.